The number of rotatable bonds is 4. The second-order valence-corrected chi connectivity index (χ2v) is 4.90. The van der Waals surface area contributed by atoms with Crippen LogP contribution in [0.1, 0.15) is 58.8 Å². The van der Waals surface area contributed by atoms with Crippen molar-refractivity contribution < 1.29 is 4.79 Å². The highest BCUT2D eigenvalue weighted by molar-refractivity contribution is 5.75. The second kappa shape index (κ2) is 5.38. The molecule has 0 aromatic heterocycles. The molecule has 1 rings (SSSR count). The molecule has 0 saturated heterocycles. The Morgan fingerprint density at radius 3 is 2.50 bits per heavy atom. The molecule has 0 aromatic carbocycles. The van der Waals surface area contributed by atoms with Gasteiger partial charge in [0.25, 0.3) is 0 Å². The molecule has 1 N–H and O–H groups in total. The van der Waals surface area contributed by atoms with Crippen LogP contribution in [-0.2, 0) is 4.79 Å². The maximum atomic E-state index is 11.3. The van der Waals surface area contributed by atoms with Crippen molar-refractivity contribution in [3.05, 3.63) is 0 Å². The number of carbonyl (C=O) groups is 1. The Morgan fingerprint density at radius 1 is 1.29 bits per heavy atom. The first-order valence-electron chi connectivity index (χ1n) is 5.93. The lowest BCUT2D eigenvalue weighted by Gasteiger charge is -2.33. The lowest BCUT2D eigenvalue weighted by atomic mass is 9.76. The summed E-state index contributed by atoms with van der Waals surface area (Å²) in [6.07, 6.45) is 8.22. The van der Waals surface area contributed by atoms with Crippen molar-refractivity contribution in [2.75, 3.05) is 6.54 Å². The number of hydrogen-bond donors (Lipinski definition) is 1. The van der Waals surface area contributed by atoms with Crippen molar-refractivity contribution in [3.8, 4) is 0 Å². The largest absolute Gasteiger partial charge is 0.356 e. The average Bonchev–Trinajstić information content (AvgIpc) is 2.17. The number of nitrogens with one attached hydrogen (secondary N) is 1. The zero-order valence-electron chi connectivity index (χ0n) is 9.57. The van der Waals surface area contributed by atoms with Gasteiger partial charge >= 0.3 is 0 Å². The number of amides is 1. The van der Waals surface area contributed by atoms with Gasteiger partial charge in [-0.3, -0.25) is 4.79 Å². The van der Waals surface area contributed by atoms with Crippen LogP contribution in [0.3, 0.4) is 0 Å². The van der Waals surface area contributed by atoms with Crippen molar-refractivity contribution in [1.29, 1.82) is 0 Å². The van der Waals surface area contributed by atoms with Gasteiger partial charge in [-0.2, -0.15) is 0 Å². The molecule has 82 valence electrons. The van der Waals surface area contributed by atoms with Crippen molar-refractivity contribution >= 4 is 5.91 Å². The molecule has 14 heavy (non-hydrogen) atoms. The van der Waals surface area contributed by atoms with E-state index < -0.39 is 0 Å². The third kappa shape index (κ3) is 3.69. The van der Waals surface area contributed by atoms with Crippen LogP contribution in [0, 0.1) is 5.41 Å². The minimum atomic E-state index is 0.222. The van der Waals surface area contributed by atoms with Crippen LogP contribution in [0.5, 0.6) is 0 Å². The molecule has 0 aromatic rings. The van der Waals surface area contributed by atoms with Gasteiger partial charge in [0, 0.05) is 13.0 Å². The van der Waals surface area contributed by atoms with E-state index in [1.54, 1.807) is 0 Å². The molecule has 1 aliphatic rings. The number of hydrogen-bond acceptors (Lipinski definition) is 1. The van der Waals surface area contributed by atoms with Crippen molar-refractivity contribution in [3.63, 3.8) is 0 Å². The normalized spacial score (nSPS) is 20.4. The van der Waals surface area contributed by atoms with Crippen molar-refractivity contribution in [1.82, 2.24) is 5.32 Å². The SMILES string of the molecule is CCCC(=O)NCC1(C)CCCCC1. The third-order valence-electron chi connectivity index (χ3n) is 3.25. The van der Waals surface area contributed by atoms with E-state index in [0.717, 1.165) is 13.0 Å². The fraction of sp³-hybridized carbons (Fsp3) is 0.917. The van der Waals surface area contributed by atoms with Gasteiger partial charge < -0.3 is 5.32 Å². The maximum Gasteiger partial charge on any atom is 0.220 e. The van der Waals surface area contributed by atoms with Gasteiger partial charge in [-0.1, -0.05) is 33.1 Å². The summed E-state index contributed by atoms with van der Waals surface area (Å²) in [5.41, 5.74) is 0.377. The van der Waals surface area contributed by atoms with E-state index in [0.29, 0.717) is 11.8 Å². The molecule has 0 heterocycles. The van der Waals surface area contributed by atoms with Crippen LogP contribution in [-0.4, -0.2) is 12.5 Å². The molecule has 1 aliphatic carbocycles. The molecular formula is C12H23NO. The van der Waals surface area contributed by atoms with E-state index >= 15 is 0 Å². The molecular weight excluding hydrogens is 174 g/mol. The topological polar surface area (TPSA) is 29.1 Å². The Labute approximate surface area is 87.5 Å². The van der Waals surface area contributed by atoms with Crippen LogP contribution < -0.4 is 5.32 Å². The monoisotopic (exact) mass is 197 g/mol. The molecule has 0 atom stereocenters. The zero-order valence-corrected chi connectivity index (χ0v) is 9.57. The highest BCUT2D eigenvalue weighted by atomic mass is 16.1. The summed E-state index contributed by atoms with van der Waals surface area (Å²) in [7, 11) is 0. The molecule has 2 heteroatoms. The molecule has 0 radical (unpaired) electrons. The molecule has 0 aliphatic heterocycles. The summed E-state index contributed by atoms with van der Waals surface area (Å²) in [5, 5.41) is 3.05. The van der Waals surface area contributed by atoms with Crippen LogP contribution >= 0.6 is 0 Å². The summed E-state index contributed by atoms with van der Waals surface area (Å²) in [4.78, 5) is 11.3. The molecule has 2 nitrogen and oxygen atoms in total. The average molecular weight is 197 g/mol. The number of carbonyl (C=O) groups excluding carboxylic acids is 1. The summed E-state index contributed by atoms with van der Waals surface area (Å²) in [6, 6.07) is 0. The molecule has 0 bridgehead atoms. The lowest BCUT2D eigenvalue weighted by Crippen LogP contribution is -2.36. The molecule has 0 unspecified atom stereocenters. The molecule has 1 amide bonds. The Morgan fingerprint density at radius 2 is 1.93 bits per heavy atom. The van der Waals surface area contributed by atoms with E-state index in [1.165, 1.54) is 32.1 Å². The highest BCUT2D eigenvalue weighted by Gasteiger charge is 2.26. The quantitative estimate of drug-likeness (QED) is 0.737. The van der Waals surface area contributed by atoms with Gasteiger partial charge in [-0.15, -0.1) is 0 Å². The third-order valence-corrected chi connectivity index (χ3v) is 3.25. The standard InChI is InChI=1S/C12H23NO/c1-3-7-11(14)13-10-12(2)8-5-4-6-9-12/h3-10H2,1-2H3,(H,13,14). The first-order chi connectivity index (χ1) is 6.66. The van der Waals surface area contributed by atoms with Crippen molar-refractivity contribution in [2.45, 2.75) is 58.8 Å². The van der Waals surface area contributed by atoms with Gasteiger partial charge in [0.1, 0.15) is 0 Å². The van der Waals surface area contributed by atoms with Crippen LogP contribution in [0.15, 0.2) is 0 Å². The van der Waals surface area contributed by atoms with Crippen LogP contribution in [0.4, 0.5) is 0 Å². The highest BCUT2D eigenvalue weighted by Crippen LogP contribution is 2.34. The summed E-state index contributed by atoms with van der Waals surface area (Å²) >= 11 is 0. The van der Waals surface area contributed by atoms with E-state index in [-0.39, 0.29) is 5.91 Å². The van der Waals surface area contributed by atoms with Crippen molar-refractivity contribution in [2.24, 2.45) is 5.41 Å². The van der Waals surface area contributed by atoms with Gasteiger partial charge in [0.2, 0.25) is 5.91 Å². The molecule has 1 fully saturated rings. The maximum absolute atomic E-state index is 11.3. The minimum absolute atomic E-state index is 0.222. The minimum Gasteiger partial charge on any atom is -0.356 e. The Kier molecular flexibility index (Phi) is 4.43. The molecule has 1 saturated carbocycles. The van der Waals surface area contributed by atoms with Gasteiger partial charge in [0.05, 0.1) is 0 Å². The zero-order chi connectivity index (χ0) is 10.4. The predicted octanol–water partition coefficient (Wildman–Crippen LogP) is 2.87. The van der Waals surface area contributed by atoms with E-state index in [1.807, 2.05) is 6.92 Å². The summed E-state index contributed by atoms with van der Waals surface area (Å²) < 4.78 is 0. The first kappa shape index (κ1) is 11.5. The van der Waals surface area contributed by atoms with E-state index in [9.17, 15) is 4.79 Å². The lowest BCUT2D eigenvalue weighted by molar-refractivity contribution is -0.121. The van der Waals surface area contributed by atoms with Gasteiger partial charge in [-0.05, 0) is 24.7 Å². The first-order valence-corrected chi connectivity index (χ1v) is 5.93. The van der Waals surface area contributed by atoms with Gasteiger partial charge in [-0.25, -0.2) is 0 Å². The second-order valence-electron chi connectivity index (χ2n) is 4.90. The fourth-order valence-electron chi connectivity index (χ4n) is 2.21. The van der Waals surface area contributed by atoms with Crippen LogP contribution in [0.25, 0.3) is 0 Å². The van der Waals surface area contributed by atoms with Gasteiger partial charge in [0.15, 0.2) is 0 Å². The fourth-order valence-corrected chi connectivity index (χ4v) is 2.21. The van der Waals surface area contributed by atoms with E-state index in [2.05, 4.69) is 12.2 Å². The predicted molar refractivity (Wildman–Crippen MR) is 59.1 cm³/mol. The Balaban J connectivity index is 2.24. The smallest absolute Gasteiger partial charge is 0.220 e. The Hall–Kier alpha value is -0.530. The Bertz CT molecular complexity index is 183. The molecule has 0 spiro atoms. The van der Waals surface area contributed by atoms with Crippen LogP contribution in [0.2, 0.25) is 0 Å². The summed E-state index contributed by atoms with van der Waals surface area (Å²) in [5.74, 6) is 0.222. The summed E-state index contributed by atoms with van der Waals surface area (Å²) in [6.45, 7) is 5.23. The van der Waals surface area contributed by atoms with E-state index in [4.69, 9.17) is 0 Å².